The Bertz CT molecular complexity index is 121. The SMILES string of the molecule is CC(CCl)N(C)CC1CCCC1. The molecule has 0 amide bonds. The first-order valence-corrected chi connectivity index (χ1v) is 5.53. The number of halogens is 1. The first-order valence-electron chi connectivity index (χ1n) is 5.00. The Labute approximate surface area is 81.1 Å². The predicted molar refractivity (Wildman–Crippen MR) is 54.8 cm³/mol. The van der Waals surface area contributed by atoms with Crippen LogP contribution in [-0.2, 0) is 0 Å². The second kappa shape index (κ2) is 5.08. The normalized spacial score (nSPS) is 22.0. The molecule has 0 aromatic carbocycles. The van der Waals surface area contributed by atoms with Crippen molar-refractivity contribution in [2.24, 2.45) is 5.92 Å². The number of hydrogen-bond acceptors (Lipinski definition) is 1. The molecule has 1 rings (SSSR count). The molecule has 1 atom stereocenters. The lowest BCUT2D eigenvalue weighted by Crippen LogP contribution is -2.34. The molecule has 0 aliphatic heterocycles. The minimum Gasteiger partial charge on any atom is -0.302 e. The molecule has 0 spiro atoms. The molecule has 1 nitrogen and oxygen atoms in total. The fourth-order valence-corrected chi connectivity index (χ4v) is 2.13. The highest BCUT2D eigenvalue weighted by atomic mass is 35.5. The van der Waals surface area contributed by atoms with E-state index in [1.807, 2.05) is 0 Å². The van der Waals surface area contributed by atoms with Crippen molar-refractivity contribution in [3.63, 3.8) is 0 Å². The van der Waals surface area contributed by atoms with E-state index in [1.165, 1.54) is 32.2 Å². The molecule has 12 heavy (non-hydrogen) atoms. The summed E-state index contributed by atoms with van der Waals surface area (Å²) in [5, 5.41) is 0. The Balaban J connectivity index is 2.19. The van der Waals surface area contributed by atoms with Crippen molar-refractivity contribution in [2.45, 2.75) is 38.6 Å². The molecule has 0 radical (unpaired) electrons. The van der Waals surface area contributed by atoms with Crippen molar-refractivity contribution in [3.05, 3.63) is 0 Å². The highest BCUT2D eigenvalue weighted by molar-refractivity contribution is 6.18. The van der Waals surface area contributed by atoms with Gasteiger partial charge in [-0.2, -0.15) is 0 Å². The maximum Gasteiger partial charge on any atom is 0.0376 e. The van der Waals surface area contributed by atoms with Gasteiger partial charge in [0.2, 0.25) is 0 Å². The van der Waals surface area contributed by atoms with E-state index < -0.39 is 0 Å². The van der Waals surface area contributed by atoms with Gasteiger partial charge in [0.1, 0.15) is 0 Å². The van der Waals surface area contributed by atoms with Crippen LogP contribution in [0.2, 0.25) is 0 Å². The molecule has 0 N–H and O–H groups in total. The quantitative estimate of drug-likeness (QED) is 0.615. The van der Waals surface area contributed by atoms with E-state index >= 15 is 0 Å². The standard InChI is InChI=1S/C10H20ClN/c1-9(7-11)12(2)8-10-5-3-4-6-10/h9-10H,3-8H2,1-2H3. The molecule has 0 bridgehead atoms. The Morgan fingerprint density at radius 3 is 2.50 bits per heavy atom. The van der Waals surface area contributed by atoms with Gasteiger partial charge in [-0.25, -0.2) is 0 Å². The van der Waals surface area contributed by atoms with E-state index in [-0.39, 0.29) is 0 Å². The lowest BCUT2D eigenvalue weighted by atomic mass is 10.1. The summed E-state index contributed by atoms with van der Waals surface area (Å²) < 4.78 is 0. The summed E-state index contributed by atoms with van der Waals surface area (Å²) in [7, 11) is 2.19. The van der Waals surface area contributed by atoms with Crippen molar-refractivity contribution >= 4 is 11.6 Å². The van der Waals surface area contributed by atoms with Crippen LogP contribution in [0.4, 0.5) is 0 Å². The van der Waals surface area contributed by atoms with Crippen LogP contribution in [0.25, 0.3) is 0 Å². The molecule has 0 aromatic heterocycles. The van der Waals surface area contributed by atoms with E-state index in [1.54, 1.807) is 0 Å². The first kappa shape index (κ1) is 10.3. The van der Waals surface area contributed by atoms with Gasteiger partial charge in [-0.05, 0) is 32.7 Å². The summed E-state index contributed by atoms with van der Waals surface area (Å²) in [6, 6.07) is 0.535. The van der Waals surface area contributed by atoms with Crippen LogP contribution >= 0.6 is 11.6 Å². The van der Waals surface area contributed by atoms with Crippen LogP contribution in [0.15, 0.2) is 0 Å². The summed E-state index contributed by atoms with van der Waals surface area (Å²) in [5.74, 6) is 1.70. The van der Waals surface area contributed by atoms with Crippen LogP contribution in [0, 0.1) is 5.92 Å². The molecule has 1 aliphatic rings. The molecule has 0 saturated heterocycles. The summed E-state index contributed by atoms with van der Waals surface area (Å²) in [4.78, 5) is 2.39. The topological polar surface area (TPSA) is 3.24 Å². The van der Waals surface area contributed by atoms with Crippen LogP contribution in [-0.4, -0.2) is 30.4 Å². The van der Waals surface area contributed by atoms with Crippen molar-refractivity contribution in [1.82, 2.24) is 4.90 Å². The van der Waals surface area contributed by atoms with Gasteiger partial charge in [0.05, 0.1) is 0 Å². The van der Waals surface area contributed by atoms with E-state index in [2.05, 4.69) is 18.9 Å². The maximum atomic E-state index is 5.79. The fourth-order valence-electron chi connectivity index (χ4n) is 1.90. The minimum absolute atomic E-state index is 0.535. The highest BCUT2D eigenvalue weighted by Gasteiger charge is 2.18. The van der Waals surface area contributed by atoms with Gasteiger partial charge in [-0.15, -0.1) is 11.6 Å². The molecule has 72 valence electrons. The Morgan fingerprint density at radius 1 is 1.42 bits per heavy atom. The molecule has 1 unspecified atom stereocenters. The largest absolute Gasteiger partial charge is 0.302 e. The van der Waals surface area contributed by atoms with E-state index in [0.717, 1.165) is 11.8 Å². The summed E-state index contributed by atoms with van der Waals surface area (Å²) >= 11 is 5.79. The smallest absolute Gasteiger partial charge is 0.0376 e. The first-order chi connectivity index (χ1) is 5.74. The van der Waals surface area contributed by atoms with Crippen molar-refractivity contribution in [1.29, 1.82) is 0 Å². The van der Waals surface area contributed by atoms with Crippen LogP contribution in [0.3, 0.4) is 0 Å². The zero-order valence-corrected chi connectivity index (χ0v) is 8.98. The summed E-state index contributed by atoms with van der Waals surface area (Å²) in [6.07, 6.45) is 5.74. The molecule has 0 heterocycles. The van der Waals surface area contributed by atoms with Crippen LogP contribution < -0.4 is 0 Å². The van der Waals surface area contributed by atoms with Crippen molar-refractivity contribution in [3.8, 4) is 0 Å². The van der Waals surface area contributed by atoms with E-state index in [4.69, 9.17) is 11.6 Å². The molecule has 0 aromatic rings. The molecule has 1 aliphatic carbocycles. The van der Waals surface area contributed by atoms with E-state index in [9.17, 15) is 0 Å². The number of nitrogens with zero attached hydrogens (tertiary/aromatic N) is 1. The Hall–Kier alpha value is 0.250. The van der Waals surface area contributed by atoms with Gasteiger partial charge in [-0.3, -0.25) is 0 Å². The number of hydrogen-bond donors (Lipinski definition) is 0. The number of rotatable bonds is 4. The third-order valence-corrected chi connectivity index (χ3v) is 3.44. The lowest BCUT2D eigenvalue weighted by Gasteiger charge is -2.25. The second-order valence-corrected chi connectivity index (χ2v) is 4.40. The average Bonchev–Trinajstić information content (AvgIpc) is 2.55. The van der Waals surface area contributed by atoms with Crippen LogP contribution in [0.1, 0.15) is 32.6 Å². The highest BCUT2D eigenvalue weighted by Crippen LogP contribution is 2.25. The minimum atomic E-state index is 0.535. The summed E-state index contributed by atoms with van der Waals surface area (Å²) in [5.41, 5.74) is 0. The molecule has 2 heteroatoms. The second-order valence-electron chi connectivity index (χ2n) is 4.09. The third kappa shape index (κ3) is 2.95. The van der Waals surface area contributed by atoms with E-state index in [0.29, 0.717) is 6.04 Å². The molecule has 1 fully saturated rings. The van der Waals surface area contributed by atoms with Crippen molar-refractivity contribution in [2.75, 3.05) is 19.5 Å². The van der Waals surface area contributed by atoms with Gasteiger partial charge in [0.25, 0.3) is 0 Å². The van der Waals surface area contributed by atoms with Gasteiger partial charge < -0.3 is 4.90 Å². The Morgan fingerprint density at radius 2 is 2.00 bits per heavy atom. The monoisotopic (exact) mass is 189 g/mol. The molecular weight excluding hydrogens is 170 g/mol. The maximum absolute atomic E-state index is 5.79. The summed E-state index contributed by atoms with van der Waals surface area (Å²) in [6.45, 7) is 3.44. The lowest BCUT2D eigenvalue weighted by molar-refractivity contribution is 0.233. The van der Waals surface area contributed by atoms with Crippen molar-refractivity contribution < 1.29 is 0 Å². The molecular formula is C10H20ClN. The zero-order chi connectivity index (χ0) is 8.97. The van der Waals surface area contributed by atoms with Crippen LogP contribution in [0.5, 0.6) is 0 Å². The fraction of sp³-hybridized carbons (Fsp3) is 1.00. The van der Waals surface area contributed by atoms with Gasteiger partial charge in [-0.1, -0.05) is 12.8 Å². The zero-order valence-electron chi connectivity index (χ0n) is 8.22. The predicted octanol–water partition coefficient (Wildman–Crippen LogP) is 2.74. The van der Waals surface area contributed by atoms with Gasteiger partial charge in [0, 0.05) is 18.5 Å². The molecule has 1 saturated carbocycles. The Kier molecular flexibility index (Phi) is 4.38. The number of alkyl halides is 1. The third-order valence-electron chi connectivity index (χ3n) is 3.00. The average molecular weight is 190 g/mol. The van der Waals surface area contributed by atoms with Gasteiger partial charge >= 0.3 is 0 Å². The van der Waals surface area contributed by atoms with Gasteiger partial charge in [0.15, 0.2) is 0 Å².